The van der Waals surface area contributed by atoms with Crippen molar-refractivity contribution in [1.82, 2.24) is 20.6 Å². The summed E-state index contributed by atoms with van der Waals surface area (Å²) in [5.41, 5.74) is 1.19. The highest BCUT2D eigenvalue weighted by Crippen LogP contribution is 2.30. The highest BCUT2D eigenvalue weighted by Gasteiger charge is 2.32. The Kier molecular flexibility index (Phi) is 3.96. The number of imidazole rings is 1. The third-order valence-electron chi connectivity index (χ3n) is 4.54. The molecule has 3 unspecified atom stereocenters. The van der Waals surface area contributed by atoms with Crippen LogP contribution in [0.2, 0.25) is 0 Å². The molecule has 1 saturated carbocycles. The zero-order valence-electron chi connectivity index (χ0n) is 11.0. The van der Waals surface area contributed by atoms with Crippen LogP contribution in [0.1, 0.15) is 44.2 Å². The van der Waals surface area contributed by atoms with E-state index in [4.69, 9.17) is 0 Å². The molecule has 1 aliphatic heterocycles. The molecule has 0 spiro atoms. The predicted octanol–water partition coefficient (Wildman–Crippen LogP) is 1.81. The second-order valence-electron chi connectivity index (χ2n) is 5.72. The molecule has 1 saturated heterocycles. The van der Waals surface area contributed by atoms with E-state index >= 15 is 0 Å². The predicted molar refractivity (Wildman–Crippen MR) is 72.2 cm³/mol. The Bertz CT molecular complexity index is 343. The third kappa shape index (κ3) is 2.75. The van der Waals surface area contributed by atoms with Crippen LogP contribution >= 0.6 is 0 Å². The molecule has 3 atom stereocenters. The van der Waals surface area contributed by atoms with Crippen LogP contribution in [0.3, 0.4) is 0 Å². The summed E-state index contributed by atoms with van der Waals surface area (Å²) >= 11 is 0. The summed E-state index contributed by atoms with van der Waals surface area (Å²) in [5, 5.41) is 7.43. The van der Waals surface area contributed by atoms with Crippen LogP contribution in [0.15, 0.2) is 12.5 Å². The first-order valence-electron chi connectivity index (χ1n) is 7.37. The molecule has 0 amide bonds. The summed E-state index contributed by atoms with van der Waals surface area (Å²) in [4.78, 5) is 7.25. The van der Waals surface area contributed by atoms with Gasteiger partial charge in [0.1, 0.15) is 0 Å². The Morgan fingerprint density at radius 2 is 2.17 bits per heavy atom. The van der Waals surface area contributed by atoms with Crippen LogP contribution in [0.5, 0.6) is 0 Å². The SMILES string of the molecule is c1ncc(CNC2CCCCC2C2CCCN2)[nH]1. The number of hydrogen-bond donors (Lipinski definition) is 3. The van der Waals surface area contributed by atoms with Crippen molar-refractivity contribution in [2.45, 2.75) is 57.2 Å². The second-order valence-corrected chi connectivity index (χ2v) is 5.72. The fourth-order valence-electron chi connectivity index (χ4n) is 3.59. The lowest BCUT2D eigenvalue weighted by atomic mass is 9.79. The van der Waals surface area contributed by atoms with Crippen molar-refractivity contribution in [3.8, 4) is 0 Å². The first-order valence-corrected chi connectivity index (χ1v) is 7.37. The average Bonchev–Trinajstić information content (AvgIpc) is 3.10. The molecule has 1 aromatic heterocycles. The minimum Gasteiger partial charge on any atom is -0.347 e. The third-order valence-corrected chi connectivity index (χ3v) is 4.54. The highest BCUT2D eigenvalue weighted by atomic mass is 15.0. The molecule has 0 aromatic carbocycles. The smallest absolute Gasteiger partial charge is 0.0922 e. The van der Waals surface area contributed by atoms with Crippen molar-refractivity contribution in [1.29, 1.82) is 0 Å². The normalized spacial score (nSPS) is 32.8. The van der Waals surface area contributed by atoms with E-state index in [1.807, 2.05) is 6.20 Å². The van der Waals surface area contributed by atoms with Crippen LogP contribution in [-0.2, 0) is 6.54 Å². The molecular weight excluding hydrogens is 224 g/mol. The lowest BCUT2D eigenvalue weighted by molar-refractivity contribution is 0.213. The maximum atomic E-state index is 4.07. The van der Waals surface area contributed by atoms with Crippen LogP contribution in [0.4, 0.5) is 0 Å². The monoisotopic (exact) mass is 248 g/mol. The van der Waals surface area contributed by atoms with Gasteiger partial charge in [0, 0.05) is 30.5 Å². The van der Waals surface area contributed by atoms with Crippen LogP contribution in [-0.4, -0.2) is 28.6 Å². The molecule has 18 heavy (non-hydrogen) atoms. The molecule has 100 valence electrons. The topological polar surface area (TPSA) is 52.7 Å². The zero-order valence-corrected chi connectivity index (χ0v) is 11.0. The van der Waals surface area contributed by atoms with Crippen molar-refractivity contribution in [2.75, 3.05) is 6.54 Å². The molecular formula is C14H24N4. The first-order chi connectivity index (χ1) is 8.93. The van der Waals surface area contributed by atoms with Gasteiger partial charge in [-0.25, -0.2) is 4.98 Å². The standard InChI is InChI=1S/C14H24N4/c1-2-5-14(17-9-11-8-15-10-18-11)12(4-1)13-6-3-7-16-13/h8,10,12-14,16-17H,1-7,9H2,(H,15,18). The minimum absolute atomic E-state index is 0.678. The fourth-order valence-corrected chi connectivity index (χ4v) is 3.59. The van der Waals surface area contributed by atoms with Crippen molar-refractivity contribution < 1.29 is 0 Å². The summed E-state index contributed by atoms with van der Waals surface area (Å²) in [6, 6.07) is 1.43. The number of aromatic amines is 1. The molecule has 1 aromatic rings. The van der Waals surface area contributed by atoms with Crippen molar-refractivity contribution in [2.24, 2.45) is 5.92 Å². The maximum absolute atomic E-state index is 4.07. The van der Waals surface area contributed by atoms with Gasteiger partial charge in [0.25, 0.3) is 0 Å². The highest BCUT2D eigenvalue weighted by molar-refractivity contribution is 4.96. The van der Waals surface area contributed by atoms with Gasteiger partial charge in [-0.3, -0.25) is 0 Å². The summed E-state index contributed by atoms with van der Waals surface area (Å²) in [6.45, 7) is 2.14. The molecule has 1 aliphatic carbocycles. The molecule has 4 nitrogen and oxygen atoms in total. The Labute approximate surface area is 109 Å². The average molecular weight is 248 g/mol. The van der Waals surface area contributed by atoms with E-state index < -0.39 is 0 Å². The molecule has 3 N–H and O–H groups in total. The summed E-state index contributed by atoms with van der Waals surface area (Å²) in [6.07, 6.45) is 11.9. The van der Waals surface area contributed by atoms with E-state index in [0.29, 0.717) is 6.04 Å². The van der Waals surface area contributed by atoms with Gasteiger partial charge in [0.05, 0.1) is 6.33 Å². The second kappa shape index (κ2) is 5.85. The van der Waals surface area contributed by atoms with E-state index in [-0.39, 0.29) is 0 Å². The molecule has 0 radical (unpaired) electrons. The number of H-pyrrole nitrogens is 1. The van der Waals surface area contributed by atoms with Crippen molar-refractivity contribution in [3.63, 3.8) is 0 Å². The molecule has 4 heteroatoms. The van der Waals surface area contributed by atoms with Gasteiger partial charge in [-0.1, -0.05) is 12.8 Å². The quantitative estimate of drug-likeness (QED) is 0.761. The molecule has 0 bridgehead atoms. The van der Waals surface area contributed by atoms with Gasteiger partial charge < -0.3 is 15.6 Å². The van der Waals surface area contributed by atoms with Crippen LogP contribution in [0, 0.1) is 5.92 Å². The number of nitrogens with zero attached hydrogens (tertiary/aromatic N) is 1. The lowest BCUT2D eigenvalue weighted by Gasteiger charge is -2.36. The molecule has 2 fully saturated rings. The maximum Gasteiger partial charge on any atom is 0.0922 e. The van der Waals surface area contributed by atoms with Gasteiger partial charge in [0.2, 0.25) is 0 Å². The number of nitrogens with one attached hydrogen (secondary N) is 3. The largest absolute Gasteiger partial charge is 0.347 e. The lowest BCUT2D eigenvalue weighted by Crippen LogP contribution is -2.46. The van der Waals surface area contributed by atoms with Crippen LogP contribution in [0.25, 0.3) is 0 Å². The van der Waals surface area contributed by atoms with Gasteiger partial charge in [0.15, 0.2) is 0 Å². The van der Waals surface area contributed by atoms with Crippen molar-refractivity contribution >= 4 is 0 Å². The summed E-state index contributed by atoms with van der Waals surface area (Å²) in [7, 11) is 0. The fraction of sp³-hybridized carbons (Fsp3) is 0.786. The van der Waals surface area contributed by atoms with E-state index in [0.717, 1.165) is 18.5 Å². The van der Waals surface area contributed by atoms with Gasteiger partial charge >= 0.3 is 0 Å². The summed E-state index contributed by atoms with van der Waals surface area (Å²) < 4.78 is 0. The van der Waals surface area contributed by atoms with Crippen molar-refractivity contribution in [3.05, 3.63) is 18.2 Å². The Balaban J connectivity index is 1.57. The number of rotatable bonds is 4. The molecule has 2 heterocycles. The van der Waals surface area contributed by atoms with E-state index in [1.165, 1.54) is 50.8 Å². The van der Waals surface area contributed by atoms with Gasteiger partial charge in [-0.05, 0) is 38.1 Å². The molecule has 2 aliphatic rings. The number of hydrogen-bond acceptors (Lipinski definition) is 3. The van der Waals surface area contributed by atoms with E-state index in [2.05, 4.69) is 20.6 Å². The van der Waals surface area contributed by atoms with E-state index in [9.17, 15) is 0 Å². The Morgan fingerprint density at radius 3 is 2.94 bits per heavy atom. The Hall–Kier alpha value is -0.870. The minimum atomic E-state index is 0.678. The molecule has 3 rings (SSSR count). The van der Waals surface area contributed by atoms with E-state index in [1.54, 1.807) is 6.33 Å². The van der Waals surface area contributed by atoms with Gasteiger partial charge in [-0.2, -0.15) is 0 Å². The number of aromatic nitrogens is 2. The first kappa shape index (κ1) is 12.2. The van der Waals surface area contributed by atoms with Gasteiger partial charge in [-0.15, -0.1) is 0 Å². The summed E-state index contributed by atoms with van der Waals surface area (Å²) in [5.74, 6) is 0.823. The van der Waals surface area contributed by atoms with Crippen LogP contribution < -0.4 is 10.6 Å². The zero-order chi connectivity index (χ0) is 12.2. The Morgan fingerprint density at radius 1 is 1.22 bits per heavy atom.